The second kappa shape index (κ2) is 6.91. The Hall–Kier alpha value is -2.49. The van der Waals surface area contributed by atoms with Crippen LogP contribution in [0.25, 0.3) is 5.82 Å². The van der Waals surface area contributed by atoms with Crippen LogP contribution in [0.15, 0.2) is 30.6 Å². The lowest BCUT2D eigenvalue weighted by molar-refractivity contribution is -0.250. The van der Waals surface area contributed by atoms with Gasteiger partial charge in [-0.3, -0.25) is 4.79 Å². The highest BCUT2D eigenvalue weighted by Crippen LogP contribution is 2.34. The molecule has 1 N–H and O–H groups in total. The molecule has 27 heavy (non-hydrogen) atoms. The molecule has 3 rings (SSSR count). The summed E-state index contributed by atoms with van der Waals surface area (Å²) < 4.78 is 53.2. The Morgan fingerprint density at radius 3 is 2.44 bits per heavy atom. The van der Waals surface area contributed by atoms with E-state index in [1.807, 2.05) is 0 Å². The molecule has 0 unspecified atom stereocenters. The number of hydrogen-bond donors (Lipinski definition) is 1. The third-order valence-electron chi connectivity index (χ3n) is 4.77. The molecule has 0 bridgehead atoms. The summed E-state index contributed by atoms with van der Waals surface area (Å²) >= 11 is 0. The summed E-state index contributed by atoms with van der Waals surface area (Å²) in [6, 6.07) is 4.50. The van der Waals surface area contributed by atoms with Crippen LogP contribution < -0.4 is 0 Å². The fraction of sp³-hybridized carbons (Fsp3) is 0.471. The Bertz CT molecular complexity index is 809. The molecule has 0 spiro atoms. The number of amides is 1. The first-order chi connectivity index (χ1) is 12.6. The topological polar surface area (TPSA) is 71.2 Å². The second-order valence-electron chi connectivity index (χ2n) is 6.64. The number of carbonyl (C=O) groups excluding carboxylic acids is 1. The fourth-order valence-corrected chi connectivity index (χ4v) is 3.11. The van der Waals surface area contributed by atoms with Gasteiger partial charge in [-0.1, -0.05) is 0 Å². The van der Waals surface area contributed by atoms with Gasteiger partial charge in [0.2, 0.25) is 5.60 Å². The number of alkyl halides is 3. The van der Waals surface area contributed by atoms with E-state index in [-0.39, 0.29) is 19.0 Å². The molecule has 10 heteroatoms. The number of hydrogen-bond acceptors (Lipinski definition) is 4. The average molecular weight is 386 g/mol. The Morgan fingerprint density at radius 2 is 1.89 bits per heavy atom. The number of carbonyl (C=O) groups is 1. The Labute approximate surface area is 152 Å². The van der Waals surface area contributed by atoms with Crippen molar-refractivity contribution in [2.75, 3.05) is 13.1 Å². The first-order valence-corrected chi connectivity index (χ1v) is 8.35. The molecule has 1 saturated heterocycles. The van der Waals surface area contributed by atoms with Gasteiger partial charge in [0, 0.05) is 30.9 Å². The van der Waals surface area contributed by atoms with E-state index in [0.29, 0.717) is 25.6 Å². The fourth-order valence-electron chi connectivity index (χ4n) is 3.11. The van der Waals surface area contributed by atoms with Crippen LogP contribution >= 0.6 is 0 Å². The smallest absolute Gasteiger partial charge is 0.373 e. The van der Waals surface area contributed by atoms with Crippen LogP contribution in [0.3, 0.4) is 0 Å². The van der Waals surface area contributed by atoms with E-state index in [1.165, 1.54) is 12.1 Å². The monoisotopic (exact) mass is 386 g/mol. The van der Waals surface area contributed by atoms with Gasteiger partial charge in [-0.05, 0) is 38.0 Å². The van der Waals surface area contributed by atoms with E-state index in [4.69, 9.17) is 0 Å². The largest absolute Gasteiger partial charge is 0.426 e. The third-order valence-corrected chi connectivity index (χ3v) is 4.77. The number of piperidine rings is 1. The lowest BCUT2D eigenvalue weighted by Crippen LogP contribution is -2.57. The summed E-state index contributed by atoms with van der Waals surface area (Å²) in [6.07, 6.45) is -1.58. The van der Waals surface area contributed by atoms with Crippen LogP contribution in [0, 0.1) is 5.82 Å². The summed E-state index contributed by atoms with van der Waals surface area (Å²) in [5.74, 6) is -1.45. The van der Waals surface area contributed by atoms with E-state index in [1.54, 1.807) is 16.9 Å². The molecule has 1 atom stereocenters. The van der Waals surface area contributed by atoms with Crippen molar-refractivity contribution in [3.05, 3.63) is 42.1 Å². The average Bonchev–Trinajstić information content (AvgIpc) is 3.10. The highest BCUT2D eigenvalue weighted by molar-refractivity contribution is 5.85. The van der Waals surface area contributed by atoms with Gasteiger partial charge in [0.05, 0.1) is 6.20 Å². The minimum absolute atomic E-state index is 0.0563. The van der Waals surface area contributed by atoms with Crippen molar-refractivity contribution in [1.82, 2.24) is 19.7 Å². The maximum absolute atomic E-state index is 13.1. The summed E-state index contributed by atoms with van der Waals surface area (Å²) in [6.45, 7) is 0.631. The van der Waals surface area contributed by atoms with Gasteiger partial charge < -0.3 is 10.0 Å². The minimum Gasteiger partial charge on any atom is -0.373 e. The maximum Gasteiger partial charge on any atom is 0.426 e. The van der Waals surface area contributed by atoms with Gasteiger partial charge >= 0.3 is 6.18 Å². The molecule has 0 aliphatic carbocycles. The predicted molar refractivity (Wildman–Crippen MR) is 86.6 cm³/mol. The molecule has 6 nitrogen and oxygen atoms in total. The summed E-state index contributed by atoms with van der Waals surface area (Å²) in [7, 11) is 0. The van der Waals surface area contributed by atoms with E-state index in [9.17, 15) is 27.5 Å². The molecule has 2 aromatic rings. The van der Waals surface area contributed by atoms with Gasteiger partial charge in [0.25, 0.3) is 5.91 Å². The van der Waals surface area contributed by atoms with E-state index in [0.717, 1.165) is 16.8 Å². The number of rotatable bonds is 3. The molecule has 3 heterocycles. The van der Waals surface area contributed by atoms with Crippen LogP contribution in [0.5, 0.6) is 0 Å². The molecule has 1 amide bonds. The van der Waals surface area contributed by atoms with E-state index < -0.39 is 23.5 Å². The molecule has 1 aliphatic rings. The minimum atomic E-state index is -5.03. The van der Waals surface area contributed by atoms with Crippen LogP contribution in [-0.4, -0.2) is 55.5 Å². The molecular formula is C17H18F4N4O2. The number of nitrogens with zero attached hydrogens (tertiary/aromatic N) is 4. The molecular weight excluding hydrogens is 368 g/mol. The van der Waals surface area contributed by atoms with Gasteiger partial charge in [0.15, 0.2) is 5.82 Å². The predicted octanol–water partition coefficient (Wildman–Crippen LogP) is 2.43. The number of aromatic nitrogens is 3. The molecule has 0 saturated carbocycles. The highest BCUT2D eigenvalue weighted by Gasteiger charge is 2.57. The highest BCUT2D eigenvalue weighted by atomic mass is 19.4. The first kappa shape index (κ1) is 19.3. The Kier molecular flexibility index (Phi) is 4.94. The molecule has 2 aromatic heterocycles. The molecule has 0 radical (unpaired) electrons. The summed E-state index contributed by atoms with van der Waals surface area (Å²) in [5.41, 5.74) is -2.62. The zero-order chi connectivity index (χ0) is 19.8. The molecule has 1 fully saturated rings. The van der Waals surface area contributed by atoms with E-state index in [2.05, 4.69) is 10.1 Å². The SMILES string of the molecule is C[C@@](O)(C(=O)N1CCC(c2ccnn2-c2ccc(F)cn2)CC1)C(F)(F)F. The van der Waals surface area contributed by atoms with E-state index >= 15 is 0 Å². The van der Waals surface area contributed by atoms with Crippen molar-refractivity contribution in [3.8, 4) is 5.82 Å². The van der Waals surface area contributed by atoms with Crippen LogP contribution in [0.4, 0.5) is 17.6 Å². The van der Waals surface area contributed by atoms with Crippen molar-refractivity contribution in [2.45, 2.75) is 37.5 Å². The van der Waals surface area contributed by atoms with Crippen molar-refractivity contribution in [1.29, 1.82) is 0 Å². The third kappa shape index (κ3) is 3.66. The normalized spacial score (nSPS) is 18.4. The van der Waals surface area contributed by atoms with Crippen molar-refractivity contribution < 1.29 is 27.5 Å². The number of aliphatic hydroxyl groups is 1. The van der Waals surface area contributed by atoms with Crippen LogP contribution in [0.2, 0.25) is 0 Å². The van der Waals surface area contributed by atoms with Crippen molar-refractivity contribution >= 4 is 5.91 Å². The number of pyridine rings is 1. The zero-order valence-corrected chi connectivity index (χ0v) is 14.4. The Balaban J connectivity index is 1.71. The van der Waals surface area contributed by atoms with Gasteiger partial charge in [-0.15, -0.1) is 0 Å². The van der Waals surface area contributed by atoms with Gasteiger partial charge in [-0.2, -0.15) is 18.3 Å². The molecule has 146 valence electrons. The first-order valence-electron chi connectivity index (χ1n) is 8.35. The Morgan fingerprint density at radius 1 is 1.22 bits per heavy atom. The van der Waals surface area contributed by atoms with Gasteiger partial charge in [-0.25, -0.2) is 14.1 Å². The van der Waals surface area contributed by atoms with Crippen LogP contribution in [0.1, 0.15) is 31.4 Å². The maximum atomic E-state index is 13.1. The quantitative estimate of drug-likeness (QED) is 0.823. The molecule has 0 aromatic carbocycles. The zero-order valence-electron chi connectivity index (χ0n) is 14.4. The summed E-state index contributed by atoms with van der Waals surface area (Å²) in [4.78, 5) is 17.1. The van der Waals surface area contributed by atoms with Crippen LogP contribution in [-0.2, 0) is 4.79 Å². The lowest BCUT2D eigenvalue weighted by Gasteiger charge is -2.36. The number of halogens is 4. The number of likely N-dealkylation sites (tertiary alicyclic amines) is 1. The van der Waals surface area contributed by atoms with Gasteiger partial charge in [0.1, 0.15) is 5.82 Å². The molecule has 1 aliphatic heterocycles. The second-order valence-corrected chi connectivity index (χ2v) is 6.64. The van der Waals surface area contributed by atoms with Crippen molar-refractivity contribution in [3.63, 3.8) is 0 Å². The van der Waals surface area contributed by atoms with Crippen molar-refractivity contribution in [2.24, 2.45) is 0 Å². The lowest BCUT2D eigenvalue weighted by atomic mass is 9.92. The standard InChI is InChI=1S/C17H18F4N4O2/c1-16(27,17(19,20)21)15(26)24-8-5-11(6-9-24)13-4-7-23-25(13)14-3-2-12(18)10-22-14/h2-4,7,10-11,27H,5-6,8-9H2,1H3/t16-/m1/s1. The summed E-state index contributed by atoms with van der Waals surface area (Å²) in [5, 5.41) is 13.7.